The van der Waals surface area contributed by atoms with Crippen molar-refractivity contribution in [2.75, 3.05) is 19.7 Å². The molecule has 0 aromatic rings. The van der Waals surface area contributed by atoms with E-state index >= 15 is 0 Å². The molecule has 0 aromatic heterocycles. The minimum absolute atomic E-state index is 0.0908. The molecule has 2 rings (SSSR count). The molecular formula is C12H22N2O. The molecule has 15 heavy (non-hydrogen) atoms. The fraction of sp³-hybridized carbons (Fsp3) is 0.917. The van der Waals surface area contributed by atoms with E-state index < -0.39 is 0 Å². The number of rotatable bonds is 4. The van der Waals surface area contributed by atoms with Gasteiger partial charge in [0.05, 0.1) is 0 Å². The van der Waals surface area contributed by atoms with Gasteiger partial charge < -0.3 is 9.64 Å². The van der Waals surface area contributed by atoms with Gasteiger partial charge in [0.25, 0.3) is 0 Å². The monoisotopic (exact) mass is 210 g/mol. The summed E-state index contributed by atoms with van der Waals surface area (Å²) in [5, 5.41) is 8.22. The van der Waals surface area contributed by atoms with E-state index in [0.29, 0.717) is 5.92 Å². The van der Waals surface area contributed by atoms with Gasteiger partial charge in [-0.3, -0.25) is 5.41 Å². The number of likely N-dealkylation sites (tertiary alicyclic amines) is 1. The smallest absolute Gasteiger partial charge is 0.126 e. The number of piperidine rings is 1. The Balaban J connectivity index is 1.90. The van der Waals surface area contributed by atoms with E-state index in [2.05, 4.69) is 4.90 Å². The van der Waals surface area contributed by atoms with Gasteiger partial charge in [-0.05, 0) is 44.9 Å². The molecule has 0 radical (unpaired) electrons. The third-order valence-corrected chi connectivity index (χ3v) is 3.36. The number of nitrogens with zero attached hydrogens (tertiary/aromatic N) is 1. The minimum atomic E-state index is 0.0908. The van der Waals surface area contributed by atoms with Crippen molar-refractivity contribution >= 4 is 5.84 Å². The standard InChI is InChI=1S/C12H22N2O/c1-2-15-11(10-6-7-10)12(13)14-8-4-3-5-9-14/h10-11,13H,2-9H2,1H3. The van der Waals surface area contributed by atoms with Crippen molar-refractivity contribution in [2.24, 2.45) is 5.92 Å². The number of nitrogens with one attached hydrogen (secondary N) is 1. The summed E-state index contributed by atoms with van der Waals surface area (Å²) >= 11 is 0. The van der Waals surface area contributed by atoms with Crippen LogP contribution in [0.5, 0.6) is 0 Å². The molecule has 2 aliphatic rings. The van der Waals surface area contributed by atoms with Crippen LogP contribution in [-0.2, 0) is 4.74 Å². The van der Waals surface area contributed by atoms with Crippen LogP contribution in [0.25, 0.3) is 0 Å². The van der Waals surface area contributed by atoms with Gasteiger partial charge >= 0.3 is 0 Å². The van der Waals surface area contributed by atoms with Crippen LogP contribution in [0.1, 0.15) is 39.0 Å². The summed E-state index contributed by atoms with van der Waals surface area (Å²) in [6.45, 7) is 4.89. The van der Waals surface area contributed by atoms with E-state index in [4.69, 9.17) is 10.1 Å². The average Bonchev–Trinajstić information content (AvgIpc) is 3.10. The highest BCUT2D eigenvalue weighted by Crippen LogP contribution is 2.35. The van der Waals surface area contributed by atoms with Crippen LogP contribution in [0.3, 0.4) is 0 Å². The first kappa shape index (κ1) is 10.9. The Morgan fingerprint density at radius 1 is 1.33 bits per heavy atom. The highest BCUT2D eigenvalue weighted by atomic mass is 16.5. The van der Waals surface area contributed by atoms with Crippen molar-refractivity contribution in [3.63, 3.8) is 0 Å². The zero-order valence-electron chi connectivity index (χ0n) is 9.67. The Morgan fingerprint density at radius 3 is 2.53 bits per heavy atom. The maximum Gasteiger partial charge on any atom is 0.126 e. The SMILES string of the molecule is CCOC(C(=N)N1CCCCC1)C1CC1. The zero-order chi connectivity index (χ0) is 10.7. The summed E-state index contributed by atoms with van der Waals surface area (Å²) in [5.41, 5.74) is 0. The molecule has 3 nitrogen and oxygen atoms in total. The van der Waals surface area contributed by atoms with Crippen molar-refractivity contribution in [1.82, 2.24) is 4.90 Å². The maximum atomic E-state index is 8.22. The van der Waals surface area contributed by atoms with Crippen molar-refractivity contribution in [3.8, 4) is 0 Å². The summed E-state index contributed by atoms with van der Waals surface area (Å²) < 4.78 is 5.71. The Labute approximate surface area is 92.3 Å². The normalized spacial score (nSPS) is 23.9. The molecule has 0 bridgehead atoms. The number of hydrogen-bond acceptors (Lipinski definition) is 2. The average molecular weight is 210 g/mol. The summed E-state index contributed by atoms with van der Waals surface area (Å²) in [5.74, 6) is 1.39. The maximum absolute atomic E-state index is 8.22. The summed E-state index contributed by atoms with van der Waals surface area (Å²) in [4.78, 5) is 2.22. The van der Waals surface area contributed by atoms with Gasteiger partial charge in [0, 0.05) is 19.7 Å². The topological polar surface area (TPSA) is 36.3 Å². The van der Waals surface area contributed by atoms with Crippen LogP contribution in [-0.4, -0.2) is 36.5 Å². The van der Waals surface area contributed by atoms with Crippen LogP contribution in [0.15, 0.2) is 0 Å². The second kappa shape index (κ2) is 4.97. The van der Waals surface area contributed by atoms with Gasteiger partial charge in [-0.1, -0.05) is 0 Å². The molecular weight excluding hydrogens is 188 g/mol. The highest BCUT2D eigenvalue weighted by molar-refractivity contribution is 5.84. The Kier molecular flexibility index (Phi) is 3.62. The molecule has 0 aromatic carbocycles. The first-order valence-corrected chi connectivity index (χ1v) is 6.28. The van der Waals surface area contributed by atoms with E-state index in [-0.39, 0.29) is 6.10 Å². The lowest BCUT2D eigenvalue weighted by molar-refractivity contribution is 0.0825. The van der Waals surface area contributed by atoms with Crippen molar-refractivity contribution in [1.29, 1.82) is 5.41 Å². The number of hydrogen-bond donors (Lipinski definition) is 1. The number of amidine groups is 1. The first-order chi connectivity index (χ1) is 7.33. The third-order valence-electron chi connectivity index (χ3n) is 3.36. The molecule has 86 valence electrons. The Hall–Kier alpha value is -0.570. The predicted molar refractivity (Wildman–Crippen MR) is 61.3 cm³/mol. The van der Waals surface area contributed by atoms with Gasteiger partial charge in [0.1, 0.15) is 11.9 Å². The summed E-state index contributed by atoms with van der Waals surface area (Å²) in [6, 6.07) is 0. The largest absolute Gasteiger partial charge is 0.370 e. The van der Waals surface area contributed by atoms with Crippen LogP contribution >= 0.6 is 0 Å². The second-order valence-electron chi connectivity index (χ2n) is 4.65. The second-order valence-corrected chi connectivity index (χ2v) is 4.65. The quantitative estimate of drug-likeness (QED) is 0.571. The lowest BCUT2D eigenvalue weighted by atomic mass is 10.1. The summed E-state index contributed by atoms with van der Waals surface area (Å²) in [6.07, 6.45) is 6.40. The van der Waals surface area contributed by atoms with Crippen molar-refractivity contribution in [3.05, 3.63) is 0 Å². The minimum Gasteiger partial charge on any atom is -0.370 e. The van der Waals surface area contributed by atoms with E-state index in [0.717, 1.165) is 25.5 Å². The molecule has 1 heterocycles. The van der Waals surface area contributed by atoms with E-state index in [9.17, 15) is 0 Å². The van der Waals surface area contributed by atoms with Gasteiger partial charge in [0.2, 0.25) is 0 Å². The molecule has 1 aliphatic carbocycles. The fourth-order valence-electron chi connectivity index (χ4n) is 2.33. The molecule has 0 amide bonds. The van der Waals surface area contributed by atoms with Gasteiger partial charge in [-0.25, -0.2) is 0 Å². The molecule has 3 heteroatoms. The molecule has 0 spiro atoms. The molecule has 1 unspecified atom stereocenters. The third kappa shape index (κ3) is 2.71. The van der Waals surface area contributed by atoms with Gasteiger partial charge in [0.15, 0.2) is 0 Å². The molecule has 1 saturated carbocycles. The molecule has 1 aliphatic heterocycles. The fourth-order valence-corrected chi connectivity index (χ4v) is 2.33. The molecule has 1 atom stereocenters. The predicted octanol–water partition coefficient (Wildman–Crippen LogP) is 2.26. The zero-order valence-corrected chi connectivity index (χ0v) is 9.67. The molecule has 1 saturated heterocycles. The van der Waals surface area contributed by atoms with Crippen LogP contribution in [0.2, 0.25) is 0 Å². The number of ether oxygens (including phenoxy) is 1. The van der Waals surface area contributed by atoms with Gasteiger partial charge in [-0.15, -0.1) is 0 Å². The highest BCUT2D eigenvalue weighted by Gasteiger charge is 2.36. The first-order valence-electron chi connectivity index (χ1n) is 6.28. The molecule has 1 N–H and O–H groups in total. The molecule has 2 fully saturated rings. The Bertz CT molecular complexity index is 220. The summed E-state index contributed by atoms with van der Waals surface area (Å²) in [7, 11) is 0. The van der Waals surface area contributed by atoms with Crippen LogP contribution < -0.4 is 0 Å². The lowest BCUT2D eigenvalue weighted by Gasteiger charge is -2.32. The Morgan fingerprint density at radius 2 is 2.00 bits per heavy atom. The van der Waals surface area contributed by atoms with Crippen molar-refractivity contribution in [2.45, 2.75) is 45.1 Å². The van der Waals surface area contributed by atoms with E-state index in [1.54, 1.807) is 0 Å². The van der Waals surface area contributed by atoms with Crippen molar-refractivity contribution < 1.29 is 4.74 Å². The van der Waals surface area contributed by atoms with E-state index in [1.165, 1.54) is 32.1 Å². The van der Waals surface area contributed by atoms with Crippen LogP contribution in [0, 0.1) is 11.3 Å². The van der Waals surface area contributed by atoms with E-state index in [1.807, 2.05) is 6.92 Å². The van der Waals surface area contributed by atoms with Crippen LogP contribution in [0.4, 0.5) is 0 Å². The van der Waals surface area contributed by atoms with Gasteiger partial charge in [-0.2, -0.15) is 0 Å². The lowest BCUT2D eigenvalue weighted by Crippen LogP contribution is -2.43.